The SMILES string of the molecule is CC(=O)Nc1ccc(NC(=O)c2ccc(I)cc2)cc1C. The van der Waals surface area contributed by atoms with E-state index in [1.54, 1.807) is 24.3 Å². The first kappa shape index (κ1) is 15.5. The molecule has 0 fully saturated rings. The molecular weight excluding hydrogens is 379 g/mol. The molecule has 0 aliphatic carbocycles. The van der Waals surface area contributed by atoms with Crippen LogP contribution in [0.3, 0.4) is 0 Å². The highest BCUT2D eigenvalue weighted by Crippen LogP contribution is 2.20. The number of nitrogens with one attached hydrogen (secondary N) is 2. The van der Waals surface area contributed by atoms with Gasteiger partial charge in [0.1, 0.15) is 0 Å². The molecule has 5 heteroatoms. The molecule has 21 heavy (non-hydrogen) atoms. The average molecular weight is 394 g/mol. The van der Waals surface area contributed by atoms with Crippen molar-refractivity contribution in [3.05, 3.63) is 57.2 Å². The molecular formula is C16H15IN2O2. The Hall–Kier alpha value is -1.89. The van der Waals surface area contributed by atoms with Gasteiger partial charge >= 0.3 is 0 Å². The second-order valence-corrected chi connectivity index (χ2v) is 5.92. The maximum absolute atomic E-state index is 12.1. The van der Waals surface area contributed by atoms with Crippen molar-refractivity contribution in [1.82, 2.24) is 0 Å². The first-order valence-corrected chi connectivity index (χ1v) is 7.49. The molecule has 108 valence electrons. The summed E-state index contributed by atoms with van der Waals surface area (Å²) in [4.78, 5) is 23.2. The monoisotopic (exact) mass is 394 g/mol. The summed E-state index contributed by atoms with van der Waals surface area (Å²) < 4.78 is 1.08. The highest BCUT2D eigenvalue weighted by molar-refractivity contribution is 14.1. The maximum atomic E-state index is 12.1. The van der Waals surface area contributed by atoms with Gasteiger partial charge in [0.15, 0.2) is 0 Å². The fourth-order valence-corrected chi connectivity index (χ4v) is 2.24. The number of aryl methyl sites for hydroxylation is 1. The van der Waals surface area contributed by atoms with Crippen LogP contribution >= 0.6 is 22.6 Å². The number of rotatable bonds is 3. The average Bonchev–Trinajstić information content (AvgIpc) is 2.42. The number of hydrogen-bond acceptors (Lipinski definition) is 2. The number of amides is 2. The summed E-state index contributed by atoms with van der Waals surface area (Å²) in [5, 5.41) is 5.58. The van der Waals surface area contributed by atoms with Crippen molar-refractivity contribution in [1.29, 1.82) is 0 Å². The third-order valence-electron chi connectivity index (χ3n) is 2.90. The van der Waals surface area contributed by atoms with Gasteiger partial charge in [-0.3, -0.25) is 9.59 Å². The highest BCUT2D eigenvalue weighted by atomic mass is 127. The van der Waals surface area contributed by atoms with E-state index >= 15 is 0 Å². The van der Waals surface area contributed by atoms with Crippen molar-refractivity contribution < 1.29 is 9.59 Å². The topological polar surface area (TPSA) is 58.2 Å². The van der Waals surface area contributed by atoms with Gasteiger partial charge in [-0.05, 0) is 77.5 Å². The lowest BCUT2D eigenvalue weighted by Crippen LogP contribution is -2.12. The van der Waals surface area contributed by atoms with Crippen LogP contribution in [-0.4, -0.2) is 11.8 Å². The predicted molar refractivity (Wildman–Crippen MR) is 92.6 cm³/mol. The molecule has 0 aliphatic heterocycles. The molecule has 2 aromatic rings. The zero-order valence-corrected chi connectivity index (χ0v) is 13.9. The molecule has 0 spiro atoms. The minimum atomic E-state index is -0.155. The molecule has 4 nitrogen and oxygen atoms in total. The van der Waals surface area contributed by atoms with Crippen LogP contribution in [0, 0.1) is 10.5 Å². The van der Waals surface area contributed by atoms with Crippen molar-refractivity contribution in [3.63, 3.8) is 0 Å². The van der Waals surface area contributed by atoms with Gasteiger partial charge in [-0.2, -0.15) is 0 Å². The lowest BCUT2D eigenvalue weighted by molar-refractivity contribution is -0.114. The Morgan fingerprint density at radius 1 is 1.00 bits per heavy atom. The van der Waals surface area contributed by atoms with Crippen molar-refractivity contribution >= 4 is 45.8 Å². The molecule has 2 rings (SSSR count). The van der Waals surface area contributed by atoms with E-state index in [1.165, 1.54) is 6.92 Å². The van der Waals surface area contributed by atoms with E-state index in [-0.39, 0.29) is 11.8 Å². The Bertz CT molecular complexity index is 681. The number of carbonyl (C=O) groups excluding carboxylic acids is 2. The Kier molecular flexibility index (Phi) is 4.95. The third kappa shape index (κ3) is 4.29. The van der Waals surface area contributed by atoms with Crippen molar-refractivity contribution in [2.24, 2.45) is 0 Å². The smallest absolute Gasteiger partial charge is 0.255 e. The second-order valence-electron chi connectivity index (χ2n) is 4.67. The second kappa shape index (κ2) is 6.71. The van der Waals surface area contributed by atoms with E-state index in [1.807, 2.05) is 25.1 Å². The number of anilines is 2. The number of carbonyl (C=O) groups is 2. The van der Waals surface area contributed by atoms with Gasteiger partial charge in [0, 0.05) is 27.4 Å². The summed E-state index contributed by atoms with van der Waals surface area (Å²) in [6.45, 7) is 3.34. The molecule has 2 amide bonds. The summed E-state index contributed by atoms with van der Waals surface area (Å²) in [5.41, 5.74) is 2.95. The van der Waals surface area contributed by atoms with E-state index in [2.05, 4.69) is 33.2 Å². The fourth-order valence-electron chi connectivity index (χ4n) is 1.88. The van der Waals surface area contributed by atoms with E-state index in [4.69, 9.17) is 0 Å². The van der Waals surface area contributed by atoms with Crippen LogP contribution in [0.2, 0.25) is 0 Å². The van der Waals surface area contributed by atoms with Gasteiger partial charge in [0.05, 0.1) is 0 Å². The molecule has 0 radical (unpaired) electrons. The molecule has 0 heterocycles. The summed E-state index contributed by atoms with van der Waals surface area (Å²) in [5.74, 6) is -0.271. The fraction of sp³-hybridized carbons (Fsp3) is 0.125. The van der Waals surface area contributed by atoms with Crippen LogP contribution in [0.25, 0.3) is 0 Å². The Labute approximate surface area is 137 Å². The first-order chi connectivity index (χ1) is 9.95. The first-order valence-electron chi connectivity index (χ1n) is 6.41. The van der Waals surface area contributed by atoms with Crippen LogP contribution in [-0.2, 0) is 4.79 Å². The van der Waals surface area contributed by atoms with Crippen molar-refractivity contribution in [2.45, 2.75) is 13.8 Å². The van der Waals surface area contributed by atoms with E-state index in [0.717, 1.165) is 14.8 Å². The largest absolute Gasteiger partial charge is 0.326 e. The van der Waals surface area contributed by atoms with Crippen LogP contribution in [0.5, 0.6) is 0 Å². The molecule has 0 saturated heterocycles. The van der Waals surface area contributed by atoms with Crippen molar-refractivity contribution in [3.8, 4) is 0 Å². The summed E-state index contributed by atoms with van der Waals surface area (Å²) in [7, 11) is 0. The zero-order chi connectivity index (χ0) is 15.4. The Morgan fingerprint density at radius 2 is 1.67 bits per heavy atom. The maximum Gasteiger partial charge on any atom is 0.255 e. The van der Waals surface area contributed by atoms with Gasteiger partial charge in [0.2, 0.25) is 5.91 Å². The summed E-state index contributed by atoms with van der Waals surface area (Å²) in [6.07, 6.45) is 0. The quantitative estimate of drug-likeness (QED) is 0.778. The minimum absolute atomic E-state index is 0.117. The van der Waals surface area contributed by atoms with Gasteiger partial charge in [0.25, 0.3) is 5.91 Å². The third-order valence-corrected chi connectivity index (χ3v) is 3.62. The van der Waals surface area contributed by atoms with Crippen LogP contribution < -0.4 is 10.6 Å². The van der Waals surface area contributed by atoms with Gasteiger partial charge < -0.3 is 10.6 Å². The summed E-state index contributed by atoms with van der Waals surface area (Å²) >= 11 is 2.19. The molecule has 0 aliphatic rings. The number of hydrogen-bond donors (Lipinski definition) is 2. The Morgan fingerprint density at radius 3 is 2.24 bits per heavy atom. The van der Waals surface area contributed by atoms with Gasteiger partial charge in [-0.25, -0.2) is 0 Å². The van der Waals surface area contributed by atoms with Gasteiger partial charge in [-0.15, -0.1) is 0 Å². The van der Waals surface area contributed by atoms with Crippen molar-refractivity contribution in [2.75, 3.05) is 10.6 Å². The standard InChI is InChI=1S/C16H15IN2O2/c1-10-9-14(7-8-15(10)18-11(2)20)19-16(21)12-3-5-13(17)6-4-12/h3-9H,1-2H3,(H,18,20)(H,19,21). The normalized spacial score (nSPS) is 10.0. The molecule has 0 bridgehead atoms. The lowest BCUT2D eigenvalue weighted by Gasteiger charge is -2.10. The van der Waals surface area contributed by atoms with Crippen LogP contribution in [0.1, 0.15) is 22.8 Å². The predicted octanol–water partition coefficient (Wildman–Crippen LogP) is 3.81. The molecule has 0 unspecified atom stereocenters. The van der Waals surface area contributed by atoms with E-state index in [9.17, 15) is 9.59 Å². The molecule has 0 atom stereocenters. The minimum Gasteiger partial charge on any atom is -0.326 e. The molecule has 2 aromatic carbocycles. The van der Waals surface area contributed by atoms with Crippen LogP contribution in [0.15, 0.2) is 42.5 Å². The molecule has 2 N–H and O–H groups in total. The summed E-state index contributed by atoms with van der Waals surface area (Å²) in [6, 6.07) is 12.7. The zero-order valence-electron chi connectivity index (χ0n) is 11.7. The van der Waals surface area contributed by atoms with E-state index < -0.39 is 0 Å². The van der Waals surface area contributed by atoms with Gasteiger partial charge in [-0.1, -0.05) is 0 Å². The lowest BCUT2D eigenvalue weighted by atomic mass is 10.1. The highest BCUT2D eigenvalue weighted by Gasteiger charge is 2.07. The molecule has 0 aromatic heterocycles. The Balaban J connectivity index is 2.12. The molecule has 0 saturated carbocycles. The number of benzene rings is 2. The van der Waals surface area contributed by atoms with E-state index in [0.29, 0.717) is 11.3 Å². The number of halogens is 1. The van der Waals surface area contributed by atoms with Crippen LogP contribution in [0.4, 0.5) is 11.4 Å².